The molecule has 126 valence electrons. The first-order valence-electron chi connectivity index (χ1n) is 8.52. The van der Waals surface area contributed by atoms with Gasteiger partial charge in [0.2, 0.25) is 5.91 Å². The van der Waals surface area contributed by atoms with Crippen molar-refractivity contribution in [1.82, 2.24) is 10.3 Å². The van der Waals surface area contributed by atoms with E-state index in [4.69, 9.17) is 0 Å². The van der Waals surface area contributed by atoms with Gasteiger partial charge in [-0.2, -0.15) is 0 Å². The highest BCUT2D eigenvalue weighted by atomic mass is 16.1. The number of carbonyl (C=O) groups excluding carboxylic acids is 1. The van der Waals surface area contributed by atoms with Crippen LogP contribution in [-0.4, -0.2) is 10.9 Å². The zero-order valence-electron chi connectivity index (χ0n) is 14.4. The number of hydrogen-bond acceptors (Lipinski definition) is 2. The highest BCUT2D eigenvalue weighted by Crippen LogP contribution is 2.22. The number of pyridine rings is 1. The third-order valence-electron chi connectivity index (χ3n) is 4.21. The number of amides is 1. The predicted molar refractivity (Wildman–Crippen MR) is 100 cm³/mol. The summed E-state index contributed by atoms with van der Waals surface area (Å²) in [5, 5.41) is 3.18. The number of nitrogens with one attached hydrogen (secondary N) is 1. The largest absolute Gasteiger partial charge is 0.345 e. The van der Waals surface area contributed by atoms with Crippen LogP contribution in [0, 0.1) is 6.92 Å². The number of hydrogen-bond donors (Lipinski definition) is 1. The van der Waals surface area contributed by atoms with Gasteiger partial charge in [-0.25, -0.2) is 0 Å². The molecule has 3 nitrogen and oxygen atoms in total. The molecule has 25 heavy (non-hydrogen) atoms. The van der Waals surface area contributed by atoms with Crippen molar-refractivity contribution in [3.8, 4) is 0 Å². The van der Waals surface area contributed by atoms with E-state index in [1.807, 2.05) is 48.7 Å². The Kier molecular flexibility index (Phi) is 5.57. The van der Waals surface area contributed by atoms with E-state index in [0.717, 1.165) is 16.7 Å². The Labute approximate surface area is 148 Å². The van der Waals surface area contributed by atoms with E-state index in [9.17, 15) is 4.79 Å². The summed E-state index contributed by atoms with van der Waals surface area (Å²) in [6.45, 7) is 2.06. The molecule has 0 aliphatic heterocycles. The first-order chi connectivity index (χ1) is 12.2. The number of carbonyl (C=O) groups is 1. The van der Waals surface area contributed by atoms with Crippen LogP contribution in [0.5, 0.6) is 0 Å². The standard InChI is InChI=1S/C22H22N2O/c1-17-9-12-20(13-10-17)22(19-7-3-2-4-8-19)24-21(25)14-11-18-6-5-15-23-16-18/h2-10,12-13,15-16,22H,11,14H2,1H3,(H,24,25). The van der Waals surface area contributed by atoms with Crippen molar-refractivity contribution < 1.29 is 4.79 Å². The van der Waals surface area contributed by atoms with Crippen LogP contribution in [0.2, 0.25) is 0 Å². The minimum atomic E-state index is -0.136. The summed E-state index contributed by atoms with van der Waals surface area (Å²) in [6.07, 6.45) is 4.68. The molecule has 1 heterocycles. The number of rotatable bonds is 6. The van der Waals surface area contributed by atoms with Crippen LogP contribution in [0.4, 0.5) is 0 Å². The van der Waals surface area contributed by atoms with E-state index >= 15 is 0 Å². The SMILES string of the molecule is Cc1ccc(C(NC(=O)CCc2cccnc2)c2ccccc2)cc1. The van der Waals surface area contributed by atoms with Crippen LogP contribution in [0.25, 0.3) is 0 Å². The Balaban J connectivity index is 1.73. The Bertz CT molecular complexity index is 798. The first kappa shape index (κ1) is 16.9. The van der Waals surface area contributed by atoms with Gasteiger partial charge in [-0.05, 0) is 36.1 Å². The molecule has 3 heteroatoms. The molecule has 3 rings (SSSR count). The van der Waals surface area contributed by atoms with Crippen molar-refractivity contribution in [2.24, 2.45) is 0 Å². The Morgan fingerprint density at radius 1 is 0.960 bits per heavy atom. The fraction of sp³-hybridized carbons (Fsp3) is 0.182. The molecular formula is C22H22N2O. The molecule has 0 saturated carbocycles. The second kappa shape index (κ2) is 8.25. The summed E-state index contributed by atoms with van der Waals surface area (Å²) < 4.78 is 0. The fourth-order valence-electron chi connectivity index (χ4n) is 2.80. The molecule has 1 amide bonds. The molecule has 0 aliphatic rings. The van der Waals surface area contributed by atoms with E-state index in [1.165, 1.54) is 5.56 Å². The Hall–Kier alpha value is -2.94. The summed E-state index contributed by atoms with van der Waals surface area (Å²) >= 11 is 0. The lowest BCUT2D eigenvalue weighted by Gasteiger charge is -2.20. The molecule has 0 spiro atoms. The van der Waals surface area contributed by atoms with E-state index in [0.29, 0.717) is 12.8 Å². The minimum absolute atomic E-state index is 0.0401. The topological polar surface area (TPSA) is 42.0 Å². The molecule has 1 unspecified atom stereocenters. The molecule has 3 aromatic rings. The lowest BCUT2D eigenvalue weighted by molar-refractivity contribution is -0.121. The minimum Gasteiger partial charge on any atom is -0.345 e. The van der Waals surface area contributed by atoms with Gasteiger partial charge in [0, 0.05) is 18.8 Å². The normalized spacial score (nSPS) is 11.7. The summed E-state index contributed by atoms with van der Waals surface area (Å²) in [6, 6.07) is 22.1. The smallest absolute Gasteiger partial charge is 0.221 e. The number of benzene rings is 2. The zero-order valence-corrected chi connectivity index (χ0v) is 14.4. The average molecular weight is 330 g/mol. The Morgan fingerprint density at radius 2 is 1.68 bits per heavy atom. The fourth-order valence-corrected chi connectivity index (χ4v) is 2.80. The summed E-state index contributed by atoms with van der Waals surface area (Å²) in [5.74, 6) is 0.0401. The molecular weight excluding hydrogens is 308 g/mol. The van der Waals surface area contributed by atoms with Gasteiger partial charge in [0.25, 0.3) is 0 Å². The van der Waals surface area contributed by atoms with Gasteiger partial charge in [0.05, 0.1) is 6.04 Å². The molecule has 0 aliphatic carbocycles. The highest BCUT2D eigenvalue weighted by molar-refractivity contribution is 5.77. The van der Waals surface area contributed by atoms with Crippen LogP contribution in [-0.2, 0) is 11.2 Å². The van der Waals surface area contributed by atoms with Gasteiger partial charge in [-0.15, -0.1) is 0 Å². The molecule has 0 radical (unpaired) electrons. The van der Waals surface area contributed by atoms with Gasteiger partial charge in [0.1, 0.15) is 0 Å². The van der Waals surface area contributed by atoms with E-state index in [-0.39, 0.29) is 11.9 Å². The van der Waals surface area contributed by atoms with E-state index in [2.05, 4.69) is 41.5 Å². The average Bonchev–Trinajstić information content (AvgIpc) is 2.67. The van der Waals surface area contributed by atoms with Crippen molar-refractivity contribution in [2.45, 2.75) is 25.8 Å². The van der Waals surface area contributed by atoms with Gasteiger partial charge in [-0.1, -0.05) is 66.2 Å². The molecule has 0 saturated heterocycles. The summed E-state index contributed by atoms with van der Waals surface area (Å²) in [4.78, 5) is 16.6. The lowest BCUT2D eigenvalue weighted by Crippen LogP contribution is -2.29. The van der Waals surface area contributed by atoms with Crippen molar-refractivity contribution in [3.05, 3.63) is 101 Å². The van der Waals surface area contributed by atoms with Crippen molar-refractivity contribution >= 4 is 5.91 Å². The van der Waals surface area contributed by atoms with Crippen LogP contribution in [0.1, 0.15) is 34.7 Å². The molecule has 0 fully saturated rings. The second-order valence-corrected chi connectivity index (χ2v) is 6.18. The van der Waals surface area contributed by atoms with E-state index < -0.39 is 0 Å². The van der Waals surface area contributed by atoms with Crippen LogP contribution < -0.4 is 5.32 Å². The van der Waals surface area contributed by atoms with Gasteiger partial charge < -0.3 is 5.32 Å². The van der Waals surface area contributed by atoms with Crippen molar-refractivity contribution in [3.63, 3.8) is 0 Å². The van der Waals surface area contributed by atoms with Crippen molar-refractivity contribution in [2.75, 3.05) is 0 Å². The third kappa shape index (κ3) is 4.77. The Morgan fingerprint density at radius 3 is 2.36 bits per heavy atom. The predicted octanol–water partition coefficient (Wildman–Crippen LogP) is 4.23. The maximum absolute atomic E-state index is 12.5. The first-order valence-corrected chi connectivity index (χ1v) is 8.52. The highest BCUT2D eigenvalue weighted by Gasteiger charge is 2.16. The van der Waals surface area contributed by atoms with Gasteiger partial charge in [0.15, 0.2) is 0 Å². The zero-order chi connectivity index (χ0) is 17.5. The summed E-state index contributed by atoms with van der Waals surface area (Å²) in [7, 11) is 0. The molecule has 2 aromatic carbocycles. The van der Waals surface area contributed by atoms with Crippen LogP contribution >= 0.6 is 0 Å². The molecule has 1 aromatic heterocycles. The number of aryl methyl sites for hydroxylation is 2. The monoisotopic (exact) mass is 330 g/mol. The van der Waals surface area contributed by atoms with Crippen molar-refractivity contribution in [1.29, 1.82) is 0 Å². The van der Waals surface area contributed by atoms with Crippen LogP contribution in [0.15, 0.2) is 79.1 Å². The number of nitrogens with zero attached hydrogens (tertiary/aromatic N) is 1. The molecule has 1 atom stereocenters. The molecule has 0 bridgehead atoms. The van der Waals surface area contributed by atoms with Crippen LogP contribution in [0.3, 0.4) is 0 Å². The van der Waals surface area contributed by atoms with Gasteiger partial charge in [-0.3, -0.25) is 9.78 Å². The summed E-state index contributed by atoms with van der Waals surface area (Å²) in [5.41, 5.74) is 4.45. The van der Waals surface area contributed by atoms with Gasteiger partial charge >= 0.3 is 0 Å². The third-order valence-corrected chi connectivity index (χ3v) is 4.21. The quantitative estimate of drug-likeness (QED) is 0.735. The maximum atomic E-state index is 12.5. The molecule has 1 N–H and O–H groups in total. The number of aromatic nitrogens is 1. The van der Waals surface area contributed by atoms with E-state index in [1.54, 1.807) is 6.20 Å². The maximum Gasteiger partial charge on any atom is 0.221 e. The second-order valence-electron chi connectivity index (χ2n) is 6.18. The lowest BCUT2D eigenvalue weighted by atomic mass is 9.97.